The Labute approximate surface area is 133 Å². The van der Waals surface area contributed by atoms with E-state index in [1.807, 2.05) is 22.6 Å². The number of aromatic hydroxyl groups is 1. The highest BCUT2D eigenvalue weighted by Crippen LogP contribution is 2.26. The van der Waals surface area contributed by atoms with Gasteiger partial charge in [-0.3, -0.25) is 10.1 Å². The lowest BCUT2D eigenvalue weighted by atomic mass is 10.2. The highest BCUT2D eigenvalue weighted by Gasteiger charge is 2.16. The number of hydrogen-bond acceptors (Lipinski definition) is 5. The van der Waals surface area contributed by atoms with E-state index in [-0.39, 0.29) is 11.7 Å². The number of carbonyl (C=O) groups excluding carboxylic acids is 1. The van der Waals surface area contributed by atoms with Crippen LogP contribution in [-0.4, -0.2) is 22.5 Å². The van der Waals surface area contributed by atoms with Crippen molar-refractivity contribution in [1.29, 1.82) is 0 Å². The average Bonchev–Trinajstić information content (AvgIpc) is 2.83. The fourth-order valence-corrected chi connectivity index (χ4v) is 3.31. The second kappa shape index (κ2) is 5.66. The number of phenols is 1. The number of hydrogen-bond donors (Lipinski definition) is 3. The van der Waals surface area contributed by atoms with E-state index in [9.17, 15) is 9.90 Å². The van der Waals surface area contributed by atoms with E-state index in [4.69, 9.17) is 0 Å². The van der Waals surface area contributed by atoms with Crippen LogP contribution >= 0.6 is 33.9 Å². The molecular weight excluding hydrogens is 389 g/mol. The van der Waals surface area contributed by atoms with Gasteiger partial charge in [0.2, 0.25) is 0 Å². The normalized spacial score (nSPS) is 13.8. The van der Waals surface area contributed by atoms with E-state index in [0.29, 0.717) is 10.7 Å². The van der Waals surface area contributed by atoms with Crippen LogP contribution in [0.2, 0.25) is 0 Å². The minimum atomic E-state index is -0.254. The second-order valence-electron chi connectivity index (χ2n) is 4.44. The summed E-state index contributed by atoms with van der Waals surface area (Å²) in [4.78, 5) is 17.7. The number of nitrogens with one attached hydrogen (secondary N) is 2. The summed E-state index contributed by atoms with van der Waals surface area (Å²) in [5.41, 5.74) is 1.49. The number of nitrogens with zero attached hydrogens (tertiary/aromatic N) is 1. The molecule has 0 atom stereocenters. The van der Waals surface area contributed by atoms with E-state index >= 15 is 0 Å². The van der Waals surface area contributed by atoms with Crippen LogP contribution in [0.5, 0.6) is 5.75 Å². The number of aromatic nitrogens is 1. The maximum absolute atomic E-state index is 12.1. The topological polar surface area (TPSA) is 74.2 Å². The molecule has 1 aliphatic rings. The van der Waals surface area contributed by atoms with Gasteiger partial charge in [0.1, 0.15) is 5.75 Å². The Bertz CT molecular complexity index is 648. The van der Waals surface area contributed by atoms with Crippen molar-refractivity contribution in [3.63, 3.8) is 0 Å². The predicted molar refractivity (Wildman–Crippen MR) is 86.3 cm³/mol. The number of rotatable bonds is 2. The molecule has 104 valence electrons. The lowest BCUT2D eigenvalue weighted by Gasteiger charge is -2.09. The molecule has 0 unspecified atom stereocenters. The molecule has 2 heterocycles. The van der Waals surface area contributed by atoms with Crippen molar-refractivity contribution >= 4 is 45.0 Å². The Kier molecular flexibility index (Phi) is 3.90. The Hall–Kier alpha value is -1.19. The van der Waals surface area contributed by atoms with Crippen LogP contribution in [0.1, 0.15) is 20.9 Å². The van der Waals surface area contributed by atoms with Gasteiger partial charge in [-0.25, -0.2) is 4.98 Å². The number of carbonyl (C=O) groups is 1. The van der Waals surface area contributed by atoms with Gasteiger partial charge in [0.25, 0.3) is 5.91 Å². The van der Waals surface area contributed by atoms with Crippen LogP contribution in [0, 0.1) is 3.57 Å². The van der Waals surface area contributed by atoms with E-state index in [0.717, 1.165) is 28.8 Å². The van der Waals surface area contributed by atoms with Crippen LogP contribution in [0.4, 0.5) is 5.13 Å². The van der Waals surface area contributed by atoms with Crippen LogP contribution in [0.15, 0.2) is 18.2 Å². The summed E-state index contributed by atoms with van der Waals surface area (Å²) in [6.07, 6.45) is 0.895. The number of fused-ring (bicyclic) bond motifs is 1. The summed E-state index contributed by atoms with van der Waals surface area (Å²) in [6.45, 7) is 1.74. The van der Waals surface area contributed by atoms with Gasteiger partial charge in [-0.2, -0.15) is 0 Å². The van der Waals surface area contributed by atoms with Crippen molar-refractivity contribution in [2.45, 2.75) is 13.0 Å². The zero-order valence-corrected chi connectivity index (χ0v) is 13.4. The van der Waals surface area contributed by atoms with Gasteiger partial charge >= 0.3 is 0 Å². The third-order valence-corrected chi connectivity index (χ3v) is 4.96. The summed E-state index contributed by atoms with van der Waals surface area (Å²) in [5, 5.41) is 16.3. The van der Waals surface area contributed by atoms with Crippen molar-refractivity contribution in [2.75, 3.05) is 11.9 Å². The number of amides is 1. The van der Waals surface area contributed by atoms with Crippen LogP contribution in [0.3, 0.4) is 0 Å². The van der Waals surface area contributed by atoms with Crippen LogP contribution < -0.4 is 10.6 Å². The summed E-state index contributed by atoms with van der Waals surface area (Å²) < 4.78 is 0.718. The molecule has 0 saturated carbocycles. The number of thiazole rings is 1. The van der Waals surface area contributed by atoms with E-state index in [1.54, 1.807) is 12.1 Å². The maximum atomic E-state index is 12.1. The smallest absolute Gasteiger partial charge is 0.257 e. The van der Waals surface area contributed by atoms with Crippen molar-refractivity contribution < 1.29 is 9.90 Å². The van der Waals surface area contributed by atoms with Crippen molar-refractivity contribution in [3.05, 3.63) is 37.9 Å². The van der Waals surface area contributed by atoms with Crippen molar-refractivity contribution in [1.82, 2.24) is 10.3 Å². The lowest BCUT2D eigenvalue weighted by Crippen LogP contribution is -2.22. The van der Waals surface area contributed by atoms with Gasteiger partial charge in [0.15, 0.2) is 5.13 Å². The quantitative estimate of drug-likeness (QED) is 0.676. The zero-order valence-electron chi connectivity index (χ0n) is 10.4. The molecule has 0 radical (unpaired) electrons. The third-order valence-electron chi connectivity index (χ3n) is 3.03. The molecule has 20 heavy (non-hydrogen) atoms. The molecule has 0 saturated heterocycles. The molecule has 0 fully saturated rings. The second-order valence-corrected chi connectivity index (χ2v) is 6.68. The Morgan fingerprint density at radius 1 is 1.50 bits per heavy atom. The predicted octanol–water partition coefficient (Wildman–Crippen LogP) is 2.35. The van der Waals surface area contributed by atoms with Crippen LogP contribution in [-0.2, 0) is 13.0 Å². The number of phenolic OH excluding ortho intramolecular Hbond substituents is 1. The first-order valence-corrected chi connectivity index (χ1v) is 8.02. The van der Waals surface area contributed by atoms with E-state index < -0.39 is 0 Å². The highest BCUT2D eigenvalue weighted by atomic mass is 127. The standard InChI is InChI=1S/C13H12IN3O2S/c14-8-2-1-7(5-10(8)18)12(19)17-13-16-9-3-4-15-6-11(9)20-13/h1-2,5,15,18H,3-4,6H2,(H,16,17,19). The molecule has 7 heteroatoms. The monoisotopic (exact) mass is 401 g/mol. The Morgan fingerprint density at radius 2 is 2.35 bits per heavy atom. The average molecular weight is 401 g/mol. The van der Waals surface area contributed by atoms with E-state index in [1.165, 1.54) is 22.3 Å². The molecule has 0 bridgehead atoms. The van der Waals surface area contributed by atoms with Crippen molar-refractivity contribution in [3.8, 4) is 5.75 Å². The minimum absolute atomic E-state index is 0.112. The zero-order chi connectivity index (χ0) is 14.1. The molecule has 1 aliphatic heterocycles. The first kappa shape index (κ1) is 13.8. The largest absolute Gasteiger partial charge is 0.507 e. The Morgan fingerprint density at radius 3 is 3.10 bits per heavy atom. The fraction of sp³-hybridized carbons (Fsp3) is 0.231. The van der Waals surface area contributed by atoms with E-state index in [2.05, 4.69) is 15.6 Å². The van der Waals surface area contributed by atoms with Gasteiger partial charge in [0, 0.05) is 30.0 Å². The Balaban J connectivity index is 1.78. The SMILES string of the molecule is O=C(Nc1nc2c(s1)CNCC2)c1ccc(I)c(O)c1. The van der Waals surface area contributed by atoms with Gasteiger partial charge in [-0.15, -0.1) is 11.3 Å². The summed E-state index contributed by atoms with van der Waals surface area (Å²) >= 11 is 3.51. The highest BCUT2D eigenvalue weighted by molar-refractivity contribution is 14.1. The molecule has 2 aromatic rings. The molecule has 0 aliphatic carbocycles. The van der Waals surface area contributed by atoms with Gasteiger partial charge in [-0.05, 0) is 40.8 Å². The van der Waals surface area contributed by atoms with Crippen LogP contribution in [0.25, 0.3) is 0 Å². The molecular formula is C13H12IN3O2S. The molecule has 1 aromatic carbocycles. The molecule has 1 amide bonds. The third kappa shape index (κ3) is 2.79. The number of halogens is 1. The molecule has 0 spiro atoms. The maximum Gasteiger partial charge on any atom is 0.257 e. The van der Waals surface area contributed by atoms with Gasteiger partial charge in [0.05, 0.1) is 9.26 Å². The molecule has 3 N–H and O–H groups in total. The summed E-state index contributed by atoms with van der Waals surface area (Å²) in [6, 6.07) is 4.86. The first-order chi connectivity index (χ1) is 9.63. The van der Waals surface area contributed by atoms with Gasteiger partial charge in [-0.1, -0.05) is 0 Å². The van der Waals surface area contributed by atoms with Gasteiger partial charge < -0.3 is 10.4 Å². The lowest BCUT2D eigenvalue weighted by molar-refractivity contribution is 0.102. The molecule has 3 rings (SSSR count). The fourth-order valence-electron chi connectivity index (χ4n) is 2.00. The summed E-state index contributed by atoms with van der Waals surface area (Å²) in [7, 11) is 0. The number of benzene rings is 1. The molecule has 5 nitrogen and oxygen atoms in total. The van der Waals surface area contributed by atoms with Crippen molar-refractivity contribution in [2.24, 2.45) is 0 Å². The summed E-state index contributed by atoms with van der Waals surface area (Å²) in [5.74, 6) is -0.142. The minimum Gasteiger partial charge on any atom is -0.507 e. The number of anilines is 1. The first-order valence-electron chi connectivity index (χ1n) is 6.12. The molecule has 1 aromatic heterocycles.